The van der Waals surface area contributed by atoms with Crippen molar-refractivity contribution >= 4 is 17.5 Å². The van der Waals surface area contributed by atoms with Crippen molar-refractivity contribution in [3.8, 4) is 0 Å². The first-order chi connectivity index (χ1) is 12.5. The Morgan fingerprint density at radius 3 is 2.85 bits per heavy atom. The van der Waals surface area contributed by atoms with E-state index < -0.39 is 0 Å². The molecule has 0 spiro atoms. The van der Waals surface area contributed by atoms with Crippen LogP contribution in [0.4, 0.5) is 0 Å². The fourth-order valence-electron chi connectivity index (χ4n) is 3.96. The third-order valence-electron chi connectivity index (χ3n) is 5.58. The fraction of sp³-hybridized carbons (Fsp3) is 0.778. The molecule has 1 amide bonds. The number of aromatic nitrogens is 1. The van der Waals surface area contributed by atoms with E-state index in [1.165, 1.54) is 6.42 Å². The molecule has 1 aromatic heterocycles. The number of amides is 1. The van der Waals surface area contributed by atoms with Gasteiger partial charge in [0.2, 0.25) is 5.91 Å². The molecule has 2 aliphatic rings. The topological polar surface area (TPSA) is 73.0 Å². The summed E-state index contributed by atoms with van der Waals surface area (Å²) in [5, 5.41) is 13.7. The molecule has 2 unspecified atom stereocenters. The van der Waals surface area contributed by atoms with Crippen LogP contribution in [-0.4, -0.2) is 90.3 Å². The Kier molecular flexibility index (Phi) is 6.92. The maximum atomic E-state index is 12.6. The van der Waals surface area contributed by atoms with Crippen LogP contribution in [0.5, 0.6) is 0 Å². The number of nitrogens with zero attached hydrogens (tertiary/aromatic N) is 4. The zero-order valence-corrected chi connectivity index (χ0v) is 16.2. The number of carbonyl (C=O) groups excluding carboxylic acids is 1. The van der Waals surface area contributed by atoms with Gasteiger partial charge in [0.1, 0.15) is 5.76 Å². The standard InChI is InChI=1S/C18H29ClN4O3/c1-21-5-2-6-22(8-7-21)10-14-11-23(12-15(14)13-24)18(25)4-3-16-9-17(19)20-26-16/h9,14-15,24H,2-8,10-13H2,1H3. The highest BCUT2D eigenvalue weighted by molar-refractivity contribution is 6.29. The lowest BCUT2D eigenvalue weighted by Crippen LogP contribution is -2.36. The number of hydrogen-bond acceptors (Lipinski definition) is 6. The van der Waals surface area contributed by atoms with E-state index in [-0.39, 0.29) is 18.4 Å². The van der Waals surface area contributed by atoms with E-state index in [4.69, 9.17) is 16.1 Å². The largest absolute Gasteiger partial charge is 0.396 e. The maximum Gasteiger partial charge on any atom is 0.223 e. The maximum absolute atomic E-state index is 12.6. The first kappa shape index (κ1) is 19.6. The van der Waals surface area contributed by atoms with E-state index in [9.17, 15) is 9.90 Å². The monoisotopic (exact) mass is 384 g/mol. The minimum atomic E-state index is 0.106. The summed E-state index contributed by atoms with van der Waals surface area (Å²) in [5.41, 5.74) is 0. The fourth-order valence-corrected chi connectivity index (χ4v) is 4.12. The lowest BCUT2D eigenvalue weighted by atomic mass is 9.96. The molecule has 0 saturated carbocycles. The Balaban J connectivity index is 1.50. The van der Waals surface area contributed by atoms with E-state index >= 15 is 0 Å². The Morgan fingerprint density at radius 1 is 1.31 bits per heavy atom. The molecule has 3 rings (SSSR count). The van der Waals surface area contributed by atoms with Gasteiger partial charge in [0.25, 0.3) is 0 Å². The van der Waals surface area contributed by atoms with Gasteiger partial charge in [-0.25, -0.2) is 0 Å². The van der Waals surface area contributed by atoms with Gasteiger partial charge in [-0.05, 0) is 32.5 Å². The summed E-state index contributed by atoms with van der Waals surface area (Å²) in [6, 6.07) is 1.65. The third kappa shape index (κ3) is 5.19. The van der Waals surface area contributed by atoms with Crippen molar-refractivity contribution in [1.29, 1.82) is 0 Å². The highest BCUT2D eigenvalue weighted by Gasteiger charge is 2.35. The Morgan fingerprint density at radius 2 is 2.12 bits per heavy atom. The molecule has 8 heteroatoms. The Bertz CT molecular complexity index is 597. The predicted molar refractivity (Wildman–Crippen MR) is 99.0 cm³/mol. The summed E-state index contributed by atoms with van der Waals surface area (Å²) < 4.78 is 5.06. The summed E-state index contributed by atoms with van der Waals surface area (Å²) in [4.78, 5) is 19.3. The van der Waals surface area contributed by atoms with Crippen LogP contribution in [0.2, 0.25) is 5.15 Å². The lowest BCUT2D eigenvalue weighted by Gasteiger charge is -2.26. The van der Waals surface area contributed by atoms with E-state index in [0.717, 1.165) is 39.3 Å². The van der Waals surface area contributed by atoms with Gasteiger partial charge in [0, 0.05) is 64.2 Å². The van der Waals surface area contributed by atoms with Gasteiger partial charge in [0.15, 0.2) is 5.15 Å². The van der Waals surface area contributed by atoms with Crippen molar-refractivity contribution in [3.05, 3.63) is 17.0 Å². The second-order valence-electron chi connectivity index (χ2n) is 7.57. The van der Waals surface area contributed by atoms with E-state index in [1.807, 2.05) is 4.90 Å². The van der Waals surface area contributed by atoms with Crippen molar-refractivity contribution in [2.75, 3.05) is 59.5 Å². The Labute approximate surface area is 159 Å². The van der Waals surface area contributed by atoms with Crippen LogP contribution in [0.1, 0.15) is 18.6 Å². The van der Waals surface area contributed by atoms with Crippen molar-refractivity contribution in [2.45, 2.75) is 19.3 Å². The summed E-state index contributed by atoms with van der Waals surface area (Å²) in [6.07, 6.45) is 2.06. The number of halogens is 1. The van der Waals surface area contributed by atoms with Gasteiger partial charge in [0.05, 0.1) is 0 Å². The summed E-state index contributed by atoms with van der Waals surface area (Å²) in [7, 11) is 2.16. The molecule has 0 aliphatic carbocycles. The second kappa shape index (κ2) is 9.17. The van der Waals surface area contributed by atoms with Crippen LogP contribution in [-0.2, 0) is 11.2 Å². The van der Waals surface area contributed by atoms with Crippen molar-refractivity contribution in [2.24, 2.45) is 11.8 Å². The van der Waals surface area contributed by atoms with Gasteiger partial charge in [-0.15, -0.1) is 0 Å². The molecular weight excluding hydrogens is 356 g/mol. The van der Waals surface area contributed by atoms with E-state index in [2.05, 4.69) is 22.0 Å². The number of hydrogen-bond donors (Lipinski definition) is 1. The summed E-state index contributed by atoms with van der Waals surface area (Å²) in [6.45, 7) is 6.85. The summed E-state index contributed by atoms with van der Waals surface area (Å²) in [5.74, 6) is 1.24. The average Bonchev–Trinajstić information content (AvgIpc) is 3.17. The highest BCUT2D eigenvalue weighted by Crippen LogP contribution is 2.25. The number of aryl methyl sites for hydroxylation is 1. The van der Waals surface area contributed by atoms with E-state index in [0.29, 0.717) is 36.2 Å². The highest BCUT2D eigenvalue weighted by atomic mass is 35.5. The number of likely N-dealkylation sites (N-methyl/N-ethyl adjacent to an activating group) is 1. The Hall–Kier alpha value is -1.15. The zero-order valence-electron chi connectivity index (χ0n) is 15.4. The molecule has 2 aliphatic heterocycles. The van der Waals surface area contributed by atoms with Gasteiger partial charge in [-0.3, -0.25) is 4.79 Å². The number of carbonyl (C=O) groups is 1. The molecule has 0 aromatic carbocycles. The molecule has 7 nitrogen and oxygen atoms in total. The predicted octanol–water partition coefficient (Wildman–Crippen LogP) is 0.965. The number of rotatable bonds is 6. The first-order valence-corrected chi connectivity index (χ1v) is 9.83. The van der Waals surface area contributed by atoms with Gasteiger partial charge in [-0.1, -0.05) is 16.8 Å². The molecule has 1 N–H and O–H groups in total. The molecule has 26 heavy (non-hydrogen) atoms. The second-order valence-corrected chi connectivity index (χ2v) is 7.96. The number of aliphatic hydroxyl groups is 1. The number of likely N-dealkylation sites (tertiary alicyclic amines) is 1. The van der Waals surface area contributed by atoms with Crippen LogP contribution in [0.3, 0.4) is 0 Å². The van der Waals surface area contributed by atoms with Crippen LogP contribution in [0.25, 0.3) is 0 Å². The van der Waals surface area contributed by atoms with Crippen LogP contribution in [0.15, 0.2) is 10.6 Å². The van der Waals surface area contributed by atoms with Crippen LogP contribution < -0.4 is 0 Å². The van der Waals surface area contributed by atoms with Crippen molar-refractivity contribution < 1.29 is 14.4 Å². The molecule has 2 fully saturated rings. The van der Waals surface area contributed by atoms with Crippen molar-refractivity contribution in [1.82, 2.24) is 19.9 Å². The minimum absolute atomic E-state index is 0.106. The van der Waals surface area contributed by atoms with Gasteiger partial charge >= 0.3 is 0 Å². The summed E-state index contributed by atoms with van der Waals surface area (Å²) >= 11 is 5.74. The van der Waals surface area contributed by atoms with Crippen molar-refractivity contribution in [3.63, 3.8) is 0 Å². The van der Waals surface area contributed by atoms with Crippen LogP contribution >= 0.6 is 11.6 Å². The molecular formula is C18H29ClN4O3. The molecule has 2 atom stereocenters. The first-order valence-electron chi connectivity index (χ1n) is 9.45. The normalized spacial score (nSPS) is 25.6. The zero-order chi connectivity index (χ0) is 18.5. The van der Waals surface area contributed by atoms with Gasteiger partial charge in [-0.2, -0.15) is 0 Å². The minimum Gasteiger partial charge on any atom is -0.396 e. The molecule has 146 valence electrons. The molecule has 0 bridgehead atoms. The molecule has 2 saturated heterocycles. The van der Waals surface area contributed by atoms with Gasteiger partial charge < -0.3 is 24.3 Å². The molecule has 3 heterocycles. The van der Waals surface area contributed by atoms with Crippen LogP contribution in [0, 0.1) is 11.8 Å². The molecule has 1 aromatic rings. The SMILES string of the molecule is CN1CCCN(CC2CN(C(=O)CCc3cc(Cl)no3)CC2CO)CC1. The number of aliphatic hydroxyl groups excluding tert-OH is 1. The lowest BCUT2D eigenvalue weighted by molar-refractivity contribution is -0.130. The average molecular weight is 385 g/mol. The third-order valence-corrected chi connectivity index (χ3v) is 5.76. The molecule has 0 radical (unpaired) electrons. The van der Waals surface area contributed by atoms with E-state index in [1.54, 1.807) is 6.07 Å². The quantitative estimate of drug-likeness (QED) is 0.787. The smallest absolute Gasteiger partial charge is 0.223 e.